The van der Waals surface area contributed by atoms with Gasteiger partial charge in [0.25, 0.3) is 11.7 Å². The van der Waals surface area contributed by atoms with Crippen molar-refractivity contribution in [1.82, 2.24) is 4.90 Å². The number of hydrogen-bond acceptors (Lipinski definition) is 5. The van der Waals surface area contributed by atoms with E-state index in [0.717, 1.165) is 10.5 Å². The van der Waals surface area contributed by atoms with E-state index < -0.39 is 36.0 Å². The van der Waals surface area contributed by atoms with Gasteiger partial charge in [-0.1, -0.05) is 41.4 Å². The number of likely N-dealkylation sites (tertiary alicyclic amines) is 1. The van der Waals surface area contributed by atoms with Crippen molar-refractivity contribution in [2.75, 3.05) is 6.54 Å². The Balaban J connectivity index is 2.19. The number of carbonyl (C=O) groups is 3. The Kier molecular flexibility index (Phi) is 5.01. The number of carboxylic acids is 1. The lowest BCUT2D eigenvalue weighted by Crippen LogP contribution is -2.40. The number of aliphatic hydroxyl groups excluding tert-OH is 1. The minimum absolute atomic E-state index is 0.174. The van der Waals surface area contributed by atoms with E-state index >= 15 is 0 Å². The molecule has 1 atom stereocenters. The van der Waals surface area contributed by atoms with Crippen LogP contribution in [0.1, 0.15) is 22.7 Å². The number of rotatable bonds is 4. The van der Waals surface area contributed by atoms with Crippen molar-refractivity contribution in [3.8, 4) is 0 Å². The molecular weight excluding hydrogens is 370 g/mol. The molecule has 6 nitrogen and oxygen atoms in total. The van der Waals surface area contributed by atoms with Gasteiger partial charge in [-0.05, 0) is 36.8 Å². The van der Waals surface area contributed by atoms with Crippen LogP contribution in [-0.2, 0) is 14.4 Å². The summed E-state index contributed by atoms with van der Waals surface area (Å²) < 4.78 is 0. The lowest BCUT2D eigenvalue weighted by molar-refractivity contribution is -0.306. The van der Waals surface area contributed by atoms with Crippen molar-refractivity contribution in [3.05, 3.63) is 75.8 Å². The smallest absolute Gasteiger partial charge is 0.295 e. The molecule has 0 aliphatic carbocycles. The standard InChI is InChI=1S/C20H16ClNO5/c1-11-2-4-12(5-3-11)17-16(18(25)13-6-8-14(21)9-7-13)19(26)20(27)22(17)10-15(23)24/h2-9,17,25H,10H2,1H3,(H,23,24)/p-1/t17-/m0/s1. The molecule has 1 aliphatic heterocycles. The van der Waals surface area contributed by atoms with Crippen LogP contribution in [-0.4, -0.2) is 34.2 Å². The van der Waals surface area contributed by atoms with Crippen LogP contribution in [0.4, 0.5) is 0 Å². The number of aliphatic carboxylic acids is 1. The second-order valence-electron chi connectivity index (χ2n) is 6.22. The normalized spacial score (nSPS) is 18.7. The molecule has 2 aromatic carbocycles. The maximum absolute atomic E-state index is 12.6. The molecule has 3 rings (SSSR count). The van der Waals surface area contributed by atoms with Gasteiger partial charge in [0.05, 0.1) is 24.1 Å². The number of amides is 1. The largest absolute Gasteiger partial charge is 0.548 e. The first-order chi connectivity index (χ1) is 12.8. The van der Waals surface area contributed by atoms with Crippen LogP contribution in [0.2, 0.25) is 5.02 Å². The van der Waals surface area contributed by atoms with Crippen molar-refractivity contribution in [1.29, 1.82) is 0 Å². The SMILES string of the molecule is Cc1ccc([C@H]2C(=C(O)c3ccc(Cl)cc3)C(=O)C(=O)N2CC(=O)[O-])cc1. The molecule has 0 aromatic heterocycles. The van der Waals surface area contributed by atoms with Crippen molar-refractivity contribution in [2.45, 2.75) is 13.0 Å². The van der Waals surface area contributed by atoms with Crippen molar-refractivity contribution in [3.63, 3.8) is 0 Å². The van der Waals surface area contributed by atoms with Crippen LogP contribution in [0.3, 0.4) is 0 Å². The number of halogens is 1. The Labute approximate surface area is 160 Å². The van der Waals surface area contributed by atoms with Crippen LogP contribution in [0, 0.1) is 6.92 Å². The van der Waals surface area contributed by atoms with E-state index in [1.54, 1.807) is 24.3 Å². The monoisotopic (exact) mass is 384 g/mol. The lowest BCUT2D eigenvalue weighted by atomic mass is 9.95. The lowest BCUT2D eigenvalue weighted by Gasteiger charge is -2.25. The highest BCUT2D eigenvalue weighted by Gasteiger charge is 2.46. The van der Waals surface area contributed by atoms with Gasteiger partial charge >= 0.3 is 0 Å². The number of aryl methyl sites for hydroxylation is 1. The molecule has 1 heterocycles. The molecule has 1 N–H and O–H groups in total. The molecule has 0 radical (unpaired) electrons. The number of Topliss-reactive ketones (excluding diaryl/α,β-unsaturated/α-hetero) is 1. The first kappa shape index (κ1) is 18.7. The van der Waals surface area contributed by atoms with E-state index in [1.165, 1.54) is 24.3 Å². The summed E-state index contributed by atoms with van der Waals surface area (Å²) in [5.74, 6) is -3.84. The first-order valence-corrected chi connectivity index (χ1v) is 8.48. The Morgan fingerprint density at radius 3 is 2.26 bits per heavy atom. The third-order valence-electron chi connectivity index (χ3n) is 4.35. The molecule has 1 aliphatic rings. The van der Waals surface area contributed by atoms with Gasteiger partial charge in [0, 0.05) is 10.6 Å². The van der Waals surface area contributed by atoms with Crippen molar-refractivity contribution < 1.29 is 24.6 Å². The van der Waals surface area contributed by atoms with Crippen molar-refractivity contribution in [2.24, 2.45) is 0 Å². The fourth-order valence-electron chi connectivity index (χ4n) is 3.04. The number of ketones is 1. The van der Waals surface area contributed by atoms with E-state index in [-0.39, 0.29) is 5.57 Å². The summed E-state index contributed by atoms with van der Waals surface area (Å²) in [5.41, 5.74) is 1.58. The minimum Gasteiger partial charge on any atom is -0.548 e. The summed E-state index contributed by atoms with van der Waals surface area (Å²) in [6.07, 6.45) is 0. The number of nitrogens with zero attached hydrogens (tertiary/aromatic N) is 1. The predicted octanol–water partition coefficient (Wildman–Crippen LogP) is 1.82. The molecule has 1 saturated heterocycles. The van der Waals surface area contributed by atoms with Gasteiger partial charge in [-0.15, -0.1) is 0 Å². The fourth-order valence-corrected chi connectivity index (χ4v) is 3.17. The molecule has 138 valence electrons. The van der Waals surface area contributed by atoms with Gasteiger partial charge in [-0.2, -0.15) is 0 Å². The van der Waals surface area contributed by atoms with Gasteiger partial charge in [0.2, 0.25) is 0 Å². The fraction of sp³-hybridized carbons (Fsp3) is 0.150. The first-order valence-electron chi connectivity index (χ1n) is 8.10. The molecule has 7 heteroatoms. The van der Waals surface area contributed by atoms with E-state index in [0.29, 0.717) is 16.1 Å². The van der Waals surface area contributed by atoms with Crippen LogP contribution < -0.4 is 5.11 Å². The molecule has 27 heavy (non-hydrogen) atoms. The van der Waals surface area contributed by atoms with Gasteiger partial charge in [-0.3, -0.25) is 9.59 Å². The maximum atomic E-state index is 12.6. The average molecular weight is 385 g/mol. The molecule has 0 bridgehead atoms. The summed E-state index contributed by atoms with van der Waals surface area (Å²) >= 11 is 5.85. The van der Waals surface area contributed by atoms with E-state index in [2.05, 4.69) is 0 Å². The van der Waals surface area contributed by atoms with E-state index in [4.69, 9.17) is 11.6 Å². The Bertz CT molecular complexity index is 947. The van der Waals surface area contributed by atoms with Crippen molar-refractivity contribution >= 4 is 35.0 Å². The quantitative estimate of drug-likeness (QED) is 0.492. The Morgan fingerprint density at radius 2 is 1.70 bits per heavy atom. The molecule has 0 saturated carbocycles. The highest BCUT2D eigenvalue weighted by Crippen LogP contribution is 2.39. The highest BCUT2D eigenvalue weighted by atomic mass is 35.5. The topological polar surface area (TPSA) is 97.7 Å². The zero-order chi connectivity index (χ0) is 19.7. The van der Waals surface area contributed by atoms with E-state index in [1.807, 2.05) is 6.92 Å². The second kappa shape index (κ2) is 7.25. The second-order valence-corrected chi connectivity index (χ2v) is 6.65. The van der Waals surface area contributed by atoms with Crippen LogP contribution >= 0.6 is 11.6 Å². The number of benzene rings is 2. The number of aliphatic hydroxyl groups is 1. The number of hydrogen-bond donors (Lipinski definition) is 1. The molecule has 2 aromatic rings. The summed E-state index contributed by atoms with van der Waals surface area (Å²) in [4.78, 5) is 37.0. The minimum atomic E-state index is -1.50. The van der Waals surface area contributed by atoms with Crippen LogP contribution in [0.25, 0.3) is 5.76 Å². The third kappa shape index (κ3) is 3.57. The third-order valence-corrected chi connectivity index (χ3v) is 4.60. The Hall–Kier alpha value is -3.12. The maximum Gasteiger partial charge on any atom is 0.295 e. The van der Waals surface area contributed by atoms with E-state index in [9.17, 15) is 24.6 Å². The van der Waals surface area contributed by atoms with Crippen LogP contribution in [0.5, 0.6) is 0 Å². The molecular formula is C20H15ClNO5-. The highest BCUT2D eigenvalue weighted by molar-refractivity contribution is 6.46. The zero-order valence-corrected chi connectivity index (χ0v) is 15.1. The molecule has 1 amide bonds. The van der Waals surface area contributed by atoms with Crippen LogP contribution in [0.15, 0.2) is 54.1 Å². The van der Waals surface area contributed by atoms with Gasteiger partial charge in [0.15, 0.2) is 0 Å². The van der Waals surface area contributed by atoms with Gasteiger partial charge in [0.1, 0.15) is 5.76 Å². The molecule has 0 spiro atoms. The van der Waals surface area contributed by atoms with Gasteiger partial charge in [-0.25, -0.2) is 0 Å². The summed E-state index contributed by atoms with van der Waals surface area (Å²) in [6.45, 7) is 1.11. The average Bonchev–Trinajstić information content (AvgIpc) is 2.87. The molecule has 1 fully saturated rings. The molecule has 0 unspecified atom stereocenters. The Morgan fingerprint density at radius 1 is 1.11 bits per heavy atom. The van der Waals surface area contributed by atoms with Gasteiger partial charge < -0.3 is 19.9 Å². The number of carbonyl (C=O) groups excluding carboxylic acids is 3. The summed E-state index contributed by atoms with van der Waals surface area (Å²) in [5, 5.41) is 22.3. The zero-order valence-electron chi connectivity index (χ0n) is 14.3. The number of carboxylic acid groups (broad SMARTS) is 1. The predicted molar refractivity (Wildman–Crippen MR) is 96.6 cm³/mol. The summed E-state index contributed by atoms with van der Waals surface area (Å²) in [6, 6.07) is 12.0. The summed E-state index contributed by atoms with van der Waals surface area (Å²) in [7, 11) is 0.